The molecule has 5 rings (SSSR count). The minimum absolute atomic E-state index is 0. The number of carbonyl (C=O) groups is 2. The lowest BCUT2D eigenvalue weighted by atomic mass is 10.1. The molecule has 0 radical (unpaired) electrons. The van der Waals surface area contributed by atoms with Crippen LogP contribution in [-0.4, -0.2) is 73.2 Å². The molecule has 1 aromatic carbocycles. The minimum atomic E-state index is -3.55. The largest absolute Gasteiger partial charge is 0.495 e. The minimum Gasteiger partial charge on any atom is -0.495 e. The van der Waals surface area contributed by atoms with Gasteiger partial charge in [-0.05, 0) is 50.3 Å². The fourth-order valence-electron chi connectivity index (χ4n) is 5.62. The third-order valence-electron chi connectivity index (χ3n) is 7.72. The predicted molar refractivity (Wildman–Crippen MR) is 151 cm³/mol. The van der Waals surface area contributed by atoms with E-state index in [1.54, 1.807) is 23.1 Å². The number of hydrogen-bond donors (Lipinski definition) is 2. The van der Waals surface area contributed by atoms with Crippen molar-refractivity contribution in [3.63, 3.8) is 0 Å². The van der Waals surface area contributed by atoms with Gasteiger partial charge in [-0.15, -0.1) is 0 Å². The van der Waals surface area contributed by atoms with E-state index >= 15 is 8.78 Å². The number of ether oxygens (including phenoxy) is 2. The first-order valence-corrected chi connectivity index (χ1v) is 14.0. The predicted octanol–water partition coefficient (Wildman–Crippen LogP) is 4.77. The van der Waals surface area contributed by atoms with E-state index in [1.165, 1.54) is 13.3 Å². The lowest BCUT2D eigenvalue weighted by Crippen LogP contribution is -2.49. The van der Waals surface area contributed by atoms with Crippen molar-refractivity contribution < 1.29 is 30.7 Å². The average Bonchev–Trinajstić information content (AvgIpc) is 3.48. The Labute approximate surface area is 235 Å². The first-order valence-electron chi connectivity index (χ1n) is 14.0. The summed E-state index contributed by atoms with van der Waals surface area (Å²) in [6, 6.07) is 4.93. The van der Waals surface area contributed by atoms with Gasteiger partial charge >= 0.3 is 5.92 Å². The van der Waals surface area contributed by atoms with Crippen LogP contribution in [0.5, 0.6) is 5.75 Å². The average molecular weight is 563 g/mol. The monoisotopic (exact) mass is 562 g/mol. The van der Waals surface area contributed by atoms with Crippen LogP contribution in [0.3, 0.4) is 0 Å². The van der Waals surface area contributed by atoms with Gasteiger partial charge in [0, 0.05) is 40.3 Å². The van der Waals surface area contributed by atoms with Gasteiger partial charge in [0.25, 0.3) is 11.8 Å². The molecule has 2 fully saturated rings. The molecule has 0 atom stereocenters. The molecule has 2 amide bonds. The summed E-state index contributed by atoms with van der Waals surface area (Å²) < 4.78 is 41.2. The van der Waals surface area contributed by atoms with E-state index in [2.05, 4.69) is 20.6 Å². The number of halogens is 2. The number of benzene rings is 1. The van der Waals surface area contributed by atoms with Crippen molar-refractivity contribution in [2.45, 2.75) is 69.9 Å². The maximum absolute atomic E-state index is 15.1. The summed E-state index contributed by atoms with van der Waals surface area (Å²) in [6.45, 7) is 2.50. The van der Waals surface area contributed by atoms with Crippen LogP contribution in [0.15, 0.2) is 24.4 Å². The fraction of sp³-hybridized carbons (Fsp3) is 0.571. The number of aromatic nitrogens is 2. The van der Waals surface area contributed by atoms with Crippen LogP contribution in [0, 0.1) is 0 Å². The standard InChI is InChI=1S/C28H36F2N6O4.2H2/c1-3-12-35-22-16-31-27(34-24(22)36(20-6-4-5-7-20)17-28(29,30)26(35)38)33-21-9-8-18(15-23(21)39-2)25(37)32-19-10-13-40-14-11-19;;/h8-9,15-16,19-20H,3-7,10-14,17H2,1-2H3,(H,32,37)(H,31,33,34);2*1H. The maximum atomic E-state index is 15.1. The number of carbonyl (C=O) groups excluding carboxylic acids is 2. The van der Waals surface area contributed by atoms with Gasteiger partial charge in [-0.25, -0.2) is 4.98 Å². The zero-order valence-corrected chi connectivity index (χ0v) is 22.9. The van der Waals surface area contributed by atoms with E-state index < -0.39 is 18.4 Å². The number of anilines is 4. The van der Waals surface area contributed by atoms with Crippen LogP contribution in [0.4, 0.5) is 31.9 Å². The summed E-state index contributed by atoms with van der Waals surface area (Å²) in [7, 11) is 1.50. The lowest BCUT2D eigenvalue weighted by molar-refractivity contribution is -0.141. The van der Waals surface area contributed by atoms with Crippen molar-refractivity contribution in [2.24, 2.45) is 0 Å². The Kier molecular flexibility index (Phi) is 8.34. The molecule has 3 aliphatic rings. The molecule has 1 saturated heterocycles. The van der Waals surface area contributed by atoms with Gasteiger partial charge in [0.05, 0.1) is 25.5 Å². The normalized spacial score (nSPS) is 19.8. The van der Waals surface area contributed by atoms with Crippen molar-refractivity contribution >= 4 is 35.0 Å². The van der Waals surface area contributed by atoms with Gasteiger partial charge in [-0.3, -0.25) is 9.59 Å². The molecule has 10 nitrogen and oxygen atoms in total. The number of amides is 2. The summed E-state index contributed by atoms with van der Waals surface area (Å²) in [5, 5.41) is 6.15. The van der Waals surface area contributed by atoms with Crippen LogP contribution in [-0.2, 0) is 9.53 Å². The van der Waals surface area contributed by atoms with Gasteiger partial charge in [0.1, 0.15) is 11.4 Å². The Morgan fingerprint density at radius 3 is 2.67 bits per heavy atom. The van der Waals surface area contributed by atoms with E-state index in [0.717, 1.165) is 43.4 Å². The second-order valence-electron chi connectivity index (χ2n) is 10.5. The van der Waals surface area contributed by atoms with Crippen molar-refractivity contribution in [3.8, 4) is 5.75 Å². The highest BCUT2D eigenvalue weighted by Gasteiger charge is 2.49. The summed E-state index contributed by atoms with van der Waals surface area (Å²) in [6.07, 6.45) is 6.88. The highest BCUT2D eigenvalue weighted by atomic mass is 19.3. The van der Waals surface area contributed by atoms with E-state index in [1.807, 2.05) is 6.92 Å². The Morgan fingerprint density at radius 2 is 1.98 bits per heavy atom. The number of hydrogen-bond acceptors (Lipinski definition) is 8. The summed E-state index contributed by atoms with van der Waals surface area (Å²) >= 11 is 0. The van der Waals surface area contributed by atoms with Gasteiger partial charge in [0.15, 0.2) is 5.82 Å². The molecule has 220 valence electrons. The first kappa shape index (κ1) is 28.0. The Morgan fingerprint density at radius 1 is 1.23 bits per heavy atom. The van der Waals surface area contributed by atoms with Crippen LogP contribution < -0.4 is 25.2 Å². The molecular weight excluding hydrogens is 522 g/mol. The van der Waals surface area contributed by atoms with E-state index in [9.17, 15) is 9.59 Å². The maximum Gasteiger partial charge on any atom is 0.342 e. The molecule has 2 N–H and O–H groups in total. The van der Waals surface area contributed by atoms with E-state index in [-0.39, 0.29) is 39.0 Å². The zero-order valence-electron chi connectivity index (χ0n) is 22.9. The van der Waals surface area contributed by atoms with E-state index in [4.69, 9.17) is 9.47 Å². The Balaban J connectivity index is 0.00000242. The smallest absolute Gasteiger partial charge is 0.342 e. The van der Waals surface area contributed by atoms with Crippen molar-refractivity contribution in [2.75, 3.05) is 48.5 Å². The zero-order chi connectivity index (χ0) is 28.3. The van der Waals surface area contributed by atoms with Crippen LogP contribution in [0.1, 0.15) is 65.1 Å². The van der Waals surface area contributed by atoms with Gasteiger partial charge in [0.2, 0.25) is 5.95 Å². The number of rotatable bonds is 8. The topological polar surface area (TPSA) is 109 Å². The molecule has 2 aliphatic heterocycles. The first-order chi connectivity index (χ1) is 19.3. The molecule has 1 aromatic heterocycles. The van der Waals surface area contributed by atoms with Crippen LogP contribution >= 0.6 is 0 Å². The molecule has 0 bridgehead atoms. The quantitative estimate of drug-likeness (QED) is 0.474. The fourth-order valence-corrected chi connectivity index (χ4v) is 5.62. The second kappa shape index (κ2) is 11.9. The molecule has 40 heavy (non-hydrogen) atoms. The van der Waals surface area contributed by atoms with Gasteiger partial charge < -0.3 is 29.9 Å². The third kappa shape index (κ3) is 5.81. The molecule has 3 heterocycles. The third-order valence-corrected chi connectivity index (χ3v) is 7.72. The number of fused-ring (bicyclic) bond motifs is 1. The van der Waals surface area contributed by atoms with Crippen molar-refractivity contribution in [1.29, 1.82) is 0 Å². The molecular formula is C28H40F2N6O4. The Bertz CT molecular complexity index is 1240. The Hall–Kier alpha value is -3.54. The highest BCUT2D eigenvalue weighted by molar-refractivity contribution is 6.02. The summed E-state index contributed by atoms with van der Waals surface area (Å²) in [5.41, 5.74) is 1.24. The lowest BCUT2D eigenvalue weighted by Gasteiger charge is -2.31. The molecule has 12 heteroatoms. The molecule has 0 unspecified atom stereocenters. The number of nitrogens with one attached hydrogen (secondary N) is 2. The highest BCUT2D eigenvalue weighted by Crippen LogP contribution is 2.40. The van der Waals surface area contributed by atoms with Crippen molar-refractivity contribution in [3.05, 3.63) is 30.0 Å². The van der Waals surface area contributed by atoms with Crippen LogP contribution in [0.25, 0.3) is 0 Å². The number of nitrogens with zero attached hydrogens (tertiary/aromatic N) is 4. The van der Waals surface area contributed by atoms with Gasteiger partial charge in [-0.2, -0.15) is 13.8 Å². The molecule has 1 saturated carbocycles. The summed E-state index contributed by atoms with van der Waals surface area (Å²) in [4.78, 5) is 37.4. The number of alkyl halides is 2. The SMILES string of the molecule is CCCN1C(=O)C(F)(F)CN(C2CCCC2)c2nc(Nc3ccc(C(=O)NC4CCOCC4)cc3OC)ncc21.[HH].[HH]. The molecule has 2 aromatic rings. The second-order valence-corrected chi connectivity index (χ2v) is 10.5. The summed E-state index contributed by atoms with van der Waals surface area (Å²) in [5.74, 6) is -4.08. The molecule has 0 spiro atoms. The van der Waals surface area contributed by atoms with Crippen LogP contribution in [0.2, 0.25) is 0 Å². The van der Waals surface area contributed by atoms with E-state index in [0.29, 0.717) is 42.5 Å². The van der Waals surface area contributed by atoms with Crippen molar-refractivity contribution in [1.82, 2.24) is 15.3 Å². The molecule has 1 aliphatic carbocycles. The van der Waals surface area contributed by atoms with Gasteiger partial charge in [-0.1, -0.05) is 19.8 Å². The number of methoxy groups -OCH3 is 1.